The maximum absolute atomic E-state index is 12.7. The van der Waals surface area contributed by atoms with Crippen molar-refractivity contribution in [3.63, 3.8) is 0 Å². The van der Waals surface area contributed by atoms with E-state index in [4.69, 9.17) is 32.9 Å². The van der Waals surface area contributed by atoms with E-state index in [1.54, 1.807) is 12.1 Å². The number of ether oxygens (including phenoxy) is 1. The molecule has 142 valence electrons. The average Bonchev–Trinajstić information content (AvgIpc) is 3.04. The van der Waals surface area contributed by atoms with Crippen LogP contribution in [0.3, 0.4) is 0 Å². The standard InChI is InChI=1S/C20H21Cl2N3O2/c1-2-16-14(10-13-4-3-5-15(21)19(13)22)20-23-17(11-18(26)25(20)24-16)12-6-8-27-9-7-12/h3-5,11-12,24H,2,6-10H2,1H3. The summed E-state index contributed by atoms with van der Waals surface area (Å²) in [5.41, 5.74) is 4.35. The highest BCUT2D eigenvalue weighted by atomic mass is 35.5. The lowest BCUT2D eigenvalue weighted by atomic mass is 9.96. The zero-order valence-corrected chi connectivity index (χ0v) is 16.6. The molecule has 2 aromatic heterocycles. The summed E-state index contributed by atoms with van der Waals surface area (Å²) in [6.45, 7) is 3.48. The quantitative estimate of drug-likeness (QED) is 0.700. The maximum atomic E-state index is 12.7. The molecule has 3 aromatic rings. The number of hydrogen-bond acceptors (Lipinski definition) is 3. The van der Waals surface area contributed by atoms with Gasteiger partial charge in [0.1, 0.15) is 0 Å². The maximum Gasteiger partial charge on any atom is 0.272 e. The number of aromatic amines is 1. The molecule has 1 aliphatic heterocycles. The monoisotopic (exact) mass is 405 g/mol. The Morgan fingerprint density at radius 3 is 2.81 bits per heavy atom. The third kappa shape index (κ3) is 3.51. The van der Waals surface area contributed by atoms with Crippen molar-refractivity contribution in [2.75, 3.05) is 13.2 Å². The van der Waals surface area contributed by atoms with Crippen LogP contribution in [0.1, 0.15) is 48.2 Å². The molecule has 0 spiro atoms. The average molecular weight is 406 g/mol. The number of benzene rings is 1. The van der Waals surface area contributed by atoms with E-state index in [0.29, 0.717) is 35.3 Å². The van der Waals surface area contributed by atoms with Gasteiger partial charge in [0.2, 0.25) is 0 Å². The molecule has 0 amide bonds. The first-order valence-electron chi connectivity index (χ1n) is 9.22. The van der Waals surface area contributed by atoms with Gasteiger partial charge >= 0.3 is 0 Å². The number of halogens is 2. The lowest BCUT2D eigenvalue weighted by molar-refractivity contribution is 0.0845. The topological polar surface area (TPSA) is 59.4 Å². The summed E-state index contributed by atoms with van der Waals surface area (Å²) in [5.74, 6) is 0.263. The molecule has 4 rings (SSSR count). The number of aromatic nitrogens is 3. The third-order valence-corrected chi connectivity index (χ3v) is 6.07. The molecule has 27 heavy (non-hydrogen) atoms. The zero-order chi connectivity index (χ0) is 19.0. The van der Waals surface area contributed by atoms with Crippen molar-refractivity contribution in [3.05, 3.63) is 67.2 Å². The van der Waals surface area contributed by atoms with Crippen LogP contribution in [0.15, 0.2) is 29.1 Å². The minimum absolute atomic E-state index is 0.0837. The van der Waals surface area contributed by atoms with Crippen LogP contribution in [0.2, 0.25) is 10.0 Å². The number of fused-ring (bicyclic) bond motifs is 1. The molecule has 1 N–H and O–H groups in total. The normalized spacial score (nSPS) is 15.5. The first kappa shape index (κ1) is 18.5. The number of hydrogen-bond donors (Lipinski definition) is 1. The summed E-state index contributed by atoms with van der Waals surface area (Å²) >= 11 is 12.6. The van der Waals surface area contributed by atoms with Crippen molar-refractivity contribution in [1.82, 2.24) is 14.6 Å². The number of nitrogens with zero attached hydrogens (tertiary/aromatic N) is 2. The first-order chi connectivity index (χ1) is 13.1. The molecule has 0 unspecified atom stereocenters. The van der Waals surface area contributed by atoms with E-state index in [1.165, 1.54) is 4.52 Å². The molecular formula is C20H21Cl2N3O2. The van der Waals surface area contributed by atoms with Gasteiger partial charge in [-0.2, -0.15) is 0 Å². The number of nitrogens with one attached hydrogen (secondary N) is 1. The summed E-state index contributed by atoms with van der Waals surface area (Å²) in [4.78, 5) is 17.6. The van der Waals surface area contributed by atoms with Gasteiger partial charge in [-0.3, -0.25) is 9.89 Å². The van der Waals surface area contributed by atoms with E-state index >= 15 is 0 Å². The Labute approximate surface area is 167 Å². The van der Waals surface area contributed by atoms with Gasteiger partial charge < -0.3 is 4.74 Å². The van der Waals surface area contributed by atoms with Gasteiger partial charge in [0.25, 0.3) is 5.56 Å². The van der Waals surface area contributed by atoms with Gasteiger partial charge in [-0.25, -0.2) is 9.50 Å². The second-order valence-corrected chi connectivity index (χ2v) is 7.66. The Balaban J connectivity index is 1.84. The van der Waals surface area contributed by atoms with E-state index in [0.717, 1.165) is 41.8 Å². The summed E-state index contributed by atoms with van der Waals surface area (Å²) in [7, 11) is 0. The lowest BCUT2D eigenvalue weighted by Crippen LogP contribution is -2.21. The summed E-state index contributed by atoms with van der Waals surface area (Å²) in [6, 6.07) is 7.26. The summed E-state index contributed by atoms with van der Waals surface area (Å²) in [5, 5.41) is 4.28. The molecule has 1 saturated heterocycles. The minimum atomic E-state index is -0.0837. The highest BCUT2D eigenvalue weighted by Crippen LogP contribution is 2.30. The van der Waals surface area contributed by atoms with Crippen LogP contribution in [0.4, 0.5) is 0 Å². The molecule has 0 atom stereocenters. The Hall–Kier alpha value is -1.82. The second-order valence-electron chi connectivity index (χ2n) is 6.88. The molecule has 0 aliphatic carbocycles. The molecule has 3 heterocycles. The molecule has 5 nitrogen and oxygen atoms in total. The molecule has 0 radical (unpaired) electrons. The van der Waals surface area contributed by atoms with E-state index < -0.39 is 0 Å². The van der Waals surface area contributed by atoms with E-state index in [9.17, 15) is 4.79 Å². The Morgan fingerprint density at radius 1 is 1.30 bits per heavy atom. The van der Waals surface area contributed by atoms with Crippen LogP contribution in [0.25, 0.3) is 5.65 Å². The number of aryl methyl sites for hydroxylation is 1. The van der Waals surface area contributed by atoms with E-state index in [2.05, 4.69) is 12.0 Å². The Bertz CT molecular complexity index is 1040. The molecule has 1 aliphatic rings. The second kappa shape index (κ2) is 7.66. The van der Waals surface area contributed by atoms with E-state index in [-0.39, 0.29) is 11.5 Å². The summed E-state index contributed by atoms with van der Waals surface area (Å²) < 4.78 is 6.98. The van der Waals surface area contributed by atoms with Crippen LogP contribution >= 0.6 is 23.2 Å². The van der Waals surface area contributed by atoms with Crippen LogP contribution in [-0.4, -0.2) is 27.8 Å². The lowest BCUT2D eigenvalue weighted by Gasteiger charge is -2.21. The van der Waals surface area contributed by atoms with Gasteiger partial charge in [0, 0.05) is 42.9 Å². The van der Waals surface area contributed by atoms with Crippen molar-refractivity contribution in [2.45, 2.75) is 38.5 Å². The third-order valence-electron chi connectivity index (χ3n) is 5.21. The predicted octanol–water partition coefficient (Wildman–Crippen LogP) is 4.38. The Morgan fingerprint density at radius 2 is 2.07 bits per heavy atom. The fourth-order valence-corrected chi connectivity index (χ4v) is 4.09. The SMILES string of the molecule is CCc1[nH]n2c(=O)cc(C3CCOCC3)nc2c1Cc1cccc(Cl)c1Cl. The molecule has 0 saturated carbocycles. The van der Waals surface area contributed by atoms with Crippen LogP contribution in [0, 0.1) is 0 Å². The molecule has 1 fully saturated rings. The Kier molecular flexibility index (Phi) is 5.26. The molecule has 1 aromatic carbocycles. The van der Waals surface area contributed by atoms with Gasteiger partial charge in [0.15, 0.2) is 5.65 Å². The zero-order valence-electron chi connectivity index (χ0n) is 15.1. The number of H-pyrrole nitrogens is 1. The van der Waals surface area contributed by atoms with Crippen LogP contribution in [0.5, 0.6) is 0 Å². The fourth-order valence-electron chi connectivity index (χ4n) is 3.70. The largest absolute Gasteiger partial charge is 0.381 e. The van der Waals surface area contributed by atoms with Crippen molar-refractivity contribution in [3.8, 4) is 0 Å². The first-order valence-corrected chi connectivity index (χ1v) is 9.98. The minimum Gasteiger partial charge on any atom is -0.381 e. The van der Waals surface area contributed by atoms with Crippen molar-refractivity contribution in [2.24, 2.45) is 0 Å². The predicted molar refractivity (Wildman–Crippen MR) is 107 cm³/mol. The molecule has 7 heteroatoms. The summed E-state index contributed by atoms with van der Waals surface area (Å²) in [6.07, 6.45) is 3.12. The highest BCUT2D eigenvalue weighted by Gasteiger charge is 2.21. The van der Waals surface area contributed by atoms with Gasteiger partial charge in [-0.05, 0) is 30.9 Å². The fraction of sp³-hybridized carbons (Fsp3) is 0.400. The highest BCUT2D eigenvalue weighted by molar-refractivity contribution is 6.42. The van der Waals surface area contributed by atoms with Crippen LogP contribution < -0.4 is 5.56 Å². The van der Waals surface area contributed by atoms with Crippen LogP contribution in [-0.2, 0) is 17.6 Å². The molecule has 0 bridgehead atoms. The van der Waals surface area contributed by atoms with Gasteiger partial charge in [0.05, 0.1) is 15.7 Å². The smallest absolute Gasteiger partial charge is 0.272 e. The van der Waals surface area contributed by atoms with Gasteiger partial charge in [-0.1, -0.05) is 42.3 Å². The van der Waals surface area contributed by atoms with Gasteiger partial charge in [-0.15, -0.1) is 0 Å². The van der Waals surface area contributed by atoms with Crippen molar-refractivity contribution >= 4 is 28.8 Å². The van der Waals surface area contributed by atoms with Crippen molar-refractivity contribution in [1.29, 1.82) is 0 Å². The number of rotatable bonds is 4. The van der Waals surface area contributed by atoms with E-state index in [1.807, 2.05) is 12.1 Å². The molecular weight excluding hydrogens is 385 g/mol. The van der Waals surface area contributed by atoms with Crippen molar-refractivity contribution < 1.29 is 4.74 Å².